The Kier molecular flexibility index (Phi) is 3.91. The van der Waals surface area contributed by atoms with E-state index in [1.807, 2.05) is 0 Å². The van der Waals surface area contributed by atoms with Gasteiger partial charge in [-0.3, -0.25) is 10.1 Å². The van der Waals surface area contributed by atoms with E-state index in [2.05, 4.69) is 15.5 Å². The van der Waals surface area contributed by atoms with Crippen molar-refractivity contribution >= 4 is 22.4 Å². The summed E-state index contributed by atoms with van der Waals surface area (Å²) in [4.78, 5) is 17.0. The van der Waals surface area contributed by atoms with Crippen molar-refractivity contribution in [2.24, 2.45) is 0 Å². The Labute approximate surface area is 134 Å². The van der Waals surface area contributed by atoms with Crippen molar-refractivity contribution in [1.82, 2.24) is 10.1 Å². The second-order valence-electron chi connectivity index (χ2n) is 4.83. The van der Waals surface area contributed by atoms with Gasteiger partial charge in [-0.2, -0.15) is 0 Å². The van der Waals surface area contributed by atoms with E-state index in [4.69, 9.17) is 4.52 Å². The number of aromatic nitrogens is 2. The van der Waals surface area contributed by atoms with E-state index in [-0.39, 0.29) is 5.69 Å². The monoisotopic (exact) mass is 335 g/mol. The van der Waals surface area contributed by atoms with Crippen LogP contribution >= 0.6 is 11.3 Å². The topological polar surface area (TPSA) is 68.0 Å². The molecule has 23 heavy (non-hydrogen) atoms. The van der Waals surface area contributed by atoms with E-state index in [1.165, 1.54) is 23.5 Å². The third-order valence-electron chi connectivity index (χ3n) is 3.07. The van der Waals surface area contributed by atoms with E-state index in [0.29, 0.717) is 22.1 Å². The molecule has 2 aromatic heterocycles. The second kappa shape index (κ2) is 5.88. The summed E-state index contributed by atoms with van der Waals surface area (Å²) in [6, 6.07) is 5.06. The molecule has 0 spiro atoms. The van der Waals surface area contributed by atoms with E-state index in [1.54, 1.807) is 13.8 Å². The molecule has 3 aromatic rings. The molecule has 1 N–H and O–H groups in total. The number of thiazole rings is 1. The summed E-state index contributed by atoms with van der Waals surface area (Å²) in [5.41, 5.74) is 1.07. The van der Waals surface area contributed by atoms with Crippen LogP contribution in [-0.2, 0) is 0 Å². The zero-order valence-electron chi connectivity index (χ0n) is 12.2. The molecule has 0 unspecified atom stereocenters. The molecule has 1 amide bonds. The van der Waals surface area contributed by atoms with Crippen LogP contribution in [0.15, 0.2) is 28.8 Å². The van der Waals surface area contributed by atoms with Gasteiger partial charge in [0.2, 0.25) is 0 Å². The number of nitrogens with one attached hydrogen (secondary N) is 1. The van der Waals surface area contributed by atoms with Crippen molar-refractivity contribution in [2.75, 3.05) is 5.32 Å². The zero-order valence-corrected chi connectivity index (χ0v) is 13.0. The lowest BCUT2D eigenvalue weighted by molar-refractivity contribution is 0.101. The van der Waals surface area contributed by atoms with E-state index < -0.39 is 17.5 Å². The van der Waals surface area contributed by atoms with Crippen LogP contribution in [0.4, 0.5) is 13.9 Å². The first-order valence-corrected chi connectivity index (χ1v) is 7.43. The van der Waals surface area contributed by atoms with Gasteiger partial charge in [-0.25, -0.2) is 13.8 Å². The minimum Gasteiger partial charge on any atom is -0.361 e. The molecule has 2 heterocycles. The van der Waals surface area contributed by atoms with Crippen LogP contribution in [0.5, 0.6) is 0 Å². The third kappa shape index (κ3) is 3.11. The molecule has 8 heteroatoms. The fourth-order valence-corrected chi connectivity index (χ4v) is 2.83. The van der Waals surface area contributed by atoms with Crippen molar-refractivity contribution in [1.29, 1.82) is 0 Å². The summed E-state index contributed by atoms with van der Waals surface area (Å²) in [5.74, 6) is -1.80. The maximum absolute atomic E-state index is 13.3. The number of hydrogen-bond acceptors (Lipinski definition) is 5. The summed E-state index contributed by atoms with van der Waals surface area (Å²) < 4.78 is 31.2. The van der Waals surface area contributed by atoms with Crippen LogP contribution in [0.25, 0.3) is 11.3 Å². The first-order valence-electron chi connectivity index (χ1n) is 6.61. The first kappa shape index (κ1) is 15.3. The number of carbonyl (C=O) groups is 1. The van der Waals surface area contributed by atoms with Crippen molar-refractivity contribution in [3.05, 3.63) is 52.2 Å². The van der Waals surface area contributed by atoms with Crippen LogP contribution < -0.4 is 5.32 Å². The van der Waals surface area contributed by atoms with Crippen LogP contribution in [0, 0.1) is 25.5 Å². The lowest BCUT2D eigenvalue weighted by Gasteiger charge is -2.00. The number of aryl methyl sites for hydroxylation is 2. The molecule has 1 aromatic carbocycles. The van der Waals surface area contributed by atoms with Crippen LogP contribution in [0.1, 0.15) is 21.1 Å². The van der Waals surface area contributed by atoms with Crippen molar-refractivity contribution < 1.29 is 18.1 Å². The molecule has 0 saturated heterocycles. The Morgan fingerprint density at radius 2 is 2.00 bits per heavy atom. The fraction of sp³-hybridized carbons (Fsp3) is 0.133. The highest BCUT2D eigenvalue weighted by Crippen LogP contribution is 2.31. The summed E-state index contributed by atoms with van der Waals surface area (Å²) in [7, 11) is 0. The van der Waals surface area contributed by atoms with Gasteiger partial charge >= 0.3 is 0 Å². The van der Waals surface area contributed by atoms with Gasteiger partial charge in [0.25, 0.3) is 5.91 Å². The van der Waals surface area contributed by atoms with Crippen LogP contribution in [-0.4, -0.2) is 16.0 Å². The normalized spacial score (nSPS) is 10.8. The predicted octanol–water partition coefficient (Wildman–Crippen LogP) is 3.95. The highest BCUT2D eigenvalue weighted by atomic mass is 32.1. The molecule has 0 aliphatic rings. The highest BCUT2D eigenvalue weighted by molar-refractivity contribution is 7.16. The molecule has 0 aliphatic heterocycles. The molecule has 3 rings (SSSR count). The SMILES string of the molecule is Cc1cc(C(=O)Nc2nc(-c3ccc(F)c(F)c3)c(C)s2)no1. The van der Waals surface area contributed by atoms with Gasteiger partial charge in [-0.05, 0) is 32.0 Å². The van der Waals surface area contributed by atoms with Gasteiger partial charge in [0.1, 0.15) is 5.76 Å². The Bertz CT molecular complexity index is 889. The quantitative estimate of drug-likeness (QED) is 0.787. The first-order chi connectivity index (χ1) is 10.9. The largest absolute Gasteiger partial charge is 0.361 e. The zero-order chi connectivity index (χ0) is 16.6. The Balaban J connectivity index is 1.86. The fourth-order valence-electron chi connectivity index (χ4n) is 2.00. The molecule has 0 saturated carbocycles. The average Bonchev–Trinajstić information content (AvgIpc) is 3.08. The minimum atomic E-state index is -0.946. The van der Waals surface area contributed by atoms with Crippen LogP contribution in [0.3, 0.4) is 0 Å². The smallest absolute Gasteiger partial charge is 0.279 e. The molecule has 0 fully saturated rings. The number of carbonyl (C=O) groups excluding carboxylic acids is 1. The number of amides is 1. The molecule has 0 bridgehead atoms. The molecule has 0 atom stereocenters. The standard InChI is InChI=1S/C15H11F2N3O2S/c1-7-5-12(20-22-7)14(21)19-15-18-13(8(2)23-15)9-3-4-10(16)11(17)6-9/h3-6H,1-2H3,(H,18,19,21). The van der Waals surface area contributed by atoms with Crippen molar-refractivity contribution in [3.63, 3.8) is 0 Å². The molecule has 5 nitrogen and oxygen atoms in total. The number of nitrogens with zero attached hydrogens (tertiary/aromatic N) is 2. The Morgan fingerprint density at radius 1 is 1.22 bits per heavy atom. The van der Waals surface area contributed by atoms with Gasteiger partial charge < -0.3 is 4.52 Å². The maximum atomic E-state index is 13.3. The molecule has 0 radical (unpaired) electrons. The van der Waals surface area contributed by atoms with Gasteiger partial charge in [0.05, 0.1) is 5.69 Å². The average molecular weight is 335 g/mol. The minimum absolute atomic E-state index is 0.143. The van der Waals surface area contributed by atoms with Crippen molar-refractivity contribution in [3.8, 4) is 11.3 Å². The third-order valence-corrected chi connectivity index (χ3v) is 3.96. The van der Waals surface area contributed by atoms with Gasteiger partial charge in [-0.1, -0.05) is 5.16 Å². The molecular weight excluding hydrogens is 324 g/mol. The maximum Gasteiger partial charge on any atom is 0.279 e. The summed E-state index contributed by atoms with van der Waals surface area (Å²) in [6.07, 6.45) is 0. The van der Waals surface area contributed by atoms with Gasteiger partial charge in [-0.15, -0.1) is 11.3 Å². The Morgan fingerprint density at radius 3 is 2.65 bits per heavy atom. The summed E-state index contributed by atoms with van der Waals surface area (Å²) in [5, 5.41) is 6.57. The van der Waals surface area contributed by atoms with Crippen molar-refractivity contribution in [2.45, 2.75) is 13.8 Å². The molecule has 118 valence electrons. The van der Waals surface area contributed by atoms with Gasteiger partial charge in [0, 0.05) is 16.5 Å². The van der Waals surface area contributed by atoms with E-state index in [9.17, 15) is 13.6 Å². The summed E-state index contributed by atoms with van der Waals surface area (Å²) >= 11 is 1.23. The number of hydrogen-bond donors (Lipinski definition) is 1. The number of halogens is 2. The lowest BCUT2D eigenvalue weighted by atomic mass is 10.1. The van der Waals surface area contributed by atoms with Crippen LogP contribution in [0.2, 0.25) is 0 Å². The number of rotatable bonds is 3. The highest BCUT2D eigenvalue weighted by Gasteiger charge is 2.16. The number of benzene rings is 1. The van der Waals surface area contributed by atoms with E-state index >= 15 is 0 Å². The molecular formula is C15H11F2N3O2S. The molecule has 0 aliphatic carbocycles. The number of anilines is 1. The predicted molar refractivity (Wildman–Crippen MR) is 81.4 cm³/mol. The Hall–Kier alpha value is -2.61. The van der Waals surface area contributed by atoms with Gasteiger partial charge in [0.15, 0.2) is 22.5 Å². The second-order valence-corrected chi connectivity index (χ2v) is 6.03. The van der Waals surface area contributed by atoms with E-state index in [0.717, 1.165) is 17.0 Å². The lowest BCUT2D eigenvalue weighted by Crippen LogP contribution is -2.11. The summed E-state index contributed by atoms with van der Waals surface area (Å²) in [6.45, 7) is 3.46.